The second-order valence-corrected chi connectivity index (χ2v) is 8.89. The Bertz CT molecular complexity index is 1080. The van der Waals surface area contributed by atoms with Crippen LogP contribution in [-0.4, -0.2) is 17.8 Å². The van der Waals surface area contributed by atoms with Crippen molar-refractivity contribution in [3.05, 3.63) is 71.8 Å². The van der Waals surface area contributed by atoms with Crippen LogP contribution in [0.3, 0.4) is 0 Å². The molecule has 2 bridgehead atoms. The first kappa shape index (κ1) is 17.6. The molecule has 5 heteroatoms. The summed E-state index contributed by atoms with van der Waals surface area (Å²) in [4.78, 5) is 40.7. The zero-order chi connectivity index (χ0) is 20.6. The molecule has 2 aromatic carbocycles. The van der Waals surface area contributed by atoms with Gasteiger partial charge in [-0.2, -0.15) is 0 Å². The maximum atomic E-state index is 13.4. The Morgan fingerprint density at radius 3 is 2.13 bits per heavy atom. The summed E-state index contributed by atoms with van der Waals surface area (Å²) in [6.45, 7) is 1.94. The molecule has 2 aromatic rings. The number of hydrogen-bond donors (Lipinski definition) is 0. The number of rotatable bonds is 3. The summed E-state index contributed by atoms with van der Waals surface area (Å²) in [6, 6.07) is 13.9. The number of ether oxygens (including phenoxy) is 1. The van der Waals surface area contributed by atoms with Gasteiger partial charge in [0.1, 0.15) is 0 Å². The molecule has 0 aromatic heterocycles. The highest BCUT2D eigenvalue weighted by Gasteiger charge is 2.67. The molecular weight excluding hydrogens is 378 g/mol. The Labute approximate surface area is 174 Å². The Morgan fingerprint density at radius 2 is 1.50 bits per heavy atom. The highest BCUT2D eigenvalue weighted by Crippen LogP contribution is 2.65. The van der Waals surface area contributed by atoms with Crippen molar-refractivity contribution in [2.75, 3.05) is 4.90 Å². The fraction of sp³-hybridized carbons (Fsp3) is 0.320. The third kappa shape index (κ3) is 2.38. The topological polar surface area (TPSA) is 63.7 Å². The van der Waals surface area contributed by atoms with E-state index in [-0.39, 0.29) is 41.2 Å². The van der Waals surface area contributed by atoms with E-state index in [0.29, 0.717) is 23.1 Å². The molecule has 2 saturated carbocycles. The molecule has 6 unspecified atom stereocenters. The molecule has 2 amide bonds. The highest BCUT2D eigenvalue weighted by atomic mass is 16.5. The minimum absolute atomic E-state index is 0.159. The van der Waals surface area contributed by atoms with Crippen LogP contribution in [0.2, 0.25) is 0 Å². The lowest BCUT2D eigenvalue weighted by Gasteiger charge is -2.37. The van der Waals surface area contributed by atoms with Crippen LogP contribution in [0.15, 0.2) is 60.7 Å². The molecule has 30 heavy (non-hydrogen) atoms. The van der Waals surface area contributed by atoms with Crippen LogP contribution in [0, 0.1) is 42.4 Å². The number of para-hydroxylation sites is 2. The van der Waals surface area contributed by atoms with E-state index >= 15 is 0 Å². The molecule has 0 N–H and O–H groups in total. The molecule has 6 atom stereocenters. The van der Waals surface area contributed by atoms with E-state index < -0.39 is 5.97 Å². The van der Waals surface area contributed by atoms with Gasteiger partial charge in [0.15, 0.2) is 5.75 Å². The molecule has 1 saturated heterocycles. The molecule has 1 heterocycles. The number of allylic oxidation sites excluding steroid dienone is 2. The summed E-state index contributed by atoms with van der Waals surface area (Å²) in [5.41, 5.74) is 1.82. The van der Waals surface area contributed by atoms with E-state index in [4.69, 9.17) is 4.74 Å². The molecule has 1 aliphatic heterocycles. The number of imide groups is 1. The van der Waals surface area contributed by atoms with Gasteiger partial charge in [0, 0.05) is 0 Å². The molecule has 3 fully saturated rings. The van der Waals surface area contributed by atoms with Crippen LogP contribution < -0.4 is 9.64 Å². The summed E-state index contributed by atoms with van der Waals surface area (Å²) in [7, 11) is 0. The van der Waals surface area contributed by atoms with Crippen LogP contribution in [0.1, 0.15) is 22.3 Å². The predicted molar refractivity (Wildman–Crippen MR) is 110 cm³/mol. The van der Waals surface area contributed by atoms with Crippen LogP contribution in [-0.2, 0) is 9.59 Å². The van der Waals surface area contributed by atoms with Crippen molar-refractivity contribution in [3.63, 3.8) is 0 Å². The van der Waals surface area contributed by atoms with Gasteiger partial charge in [0.25, 0.3) is 0 Å². The van der Waals surface area contributed by atoms with E-state index in [2.05, 4.69) is 12.2 Å². The minimum atomic E-state index is -0.512. The highest BCUT2D eigenvalue weighted by molar-refractivity contribution is 6.23. The number of esters is 1. The van der Waals surface area contributed by atoms with Crippen LogP contribution >= 0.6 is 0 Å². The van der Waals surface area contributed by atoms with Gasteiger partial charge in [-0.3, -0.25) is 9.59 Å². The first-order valence-electron chi connectivity index (χ1n) is 10.5. The SMILES string of the molecule is Cc1ccc(C(=O)Oc2ccccc2N2C(=O)C3C4C=CC(C5CC45)C3C2=O)cc1. The molecule has 4 aliphatic carbocycles. The van der Waals surface area contributed by atoms with Gasteiger partial charge < -0.3 is 4.74 Å². The zero-order valence-electron chi connectivity index (χ0n) is 16.5. The number of carbonyl (C=O) groups excluding carboxylic acids is 3. The van der Waals surface area contributed by atoms with E-state index in [1.807, 2.05) is 19.1 Å². The average molecular weight is 399 g/mol. The lowest BCUT2D eigenvalue weighted by molar-refractivity contribution is -0.124. The summed E-state index contributed by atoms with van der Waals surface area (Å²) < 4.78 is 5.63. The molecule has 5 aliphatic rings. The fourth-order valence-corrected chi connectivity index (χ4v) is 5.77. The van der Waals surface area contributed by atoms with Crippen molar-refractivity contribution in [1.82, 2.24) is 0 Å². The number of benzene rings is 2. The van der Waals surface area contributed by atoms with Crippen molar-refractivity contribution in [3.8, 4) is 5.75 Å². The number of amides is 2. The predicted octanol–water partition coefficient (Wildman–Crippen LogP) is 3.77. The Morgan fingerprint density at radius 1 is 0.900 bits per heavy atom. The van der Waals surface area contributed by atoms with E-state index in [9.17, 15) is 14.4 Å². The summed E-state index contributed by atoms with van der Waals surface area (Å²) in [5, 5.41) is 0. The molecule has 0 spiro atoms. The molecule has 150 valence electrons. The van der Waals surface area contributed by atoms with E-state index in [0.717, 1.165) is 12.0 Å². The summed E-state index contributed by atoms with van der Waals surface area (Å²) >= 11 is 0. The van der Waals surface area contributed by atoms with Gasteiger partial charge in [-0.25, -0.2) is 9.69 Å². The lowest BCUT2D eigenvalue weighted by Crippen LogP contribution is -2.40. The molecular formula is C25H21NO4. The van der Waals surface area contributed by atoms with Crippen LogP contribution in [0.5, 0.6) is 5.75 Å². The number of anilines is 1. The van der Waals surface area contributed by atoms with Crippen molar-refractivity contribution in [2.24, 2.45) is 35.5 Å². The zero-order valence-corrected chi connectivity index (χ0v) is 16.5. The molecule has 7 rings (SSSR count). The summed E-state index contributed by atoms with van der Waals surface area (Å²) in [5.74, 6) is 0.259. The second-order valence-electron chi connectivity index (χ2n) is 8.89. The van der Waals surface area contributed by atoms with Crippen LogP contribution in [0.4, 0.5) is 5.69 Å². The van der Waals surface area contributed by atoms with Gasteiger partial charge in [-0.05, 0) is 61.3 Å². The van der Waals surface area contributed by atoms with Crippen molar-refractivity contribution in [1.29, 1.82) is 0 Å². The minimum Gasteiger partial charge on any atom is -0.421 e. The average Bonchev–Trinajstić information content (AvgIpc) is 3.53. The van der Waals surface area contributed by atoms with Crippen LogP contribution in [0.25, 0.3) is 0 Å². The van der Waals surface area contributed by atoms with Gasteiger partial charge in [0.2, 0.25) is 11.8 Å². The number of aryl methyl sites for hydroxylation is 1. The largest absolute Gasteiger partial charge is 0.421 e. The molecule has 5 nitrogen and oxygen atoms in total. The Balaban J connectivity index is 1.33. The maximum Gasteiger partial charge on any atom is 0.343 e. The first-order valence-corrected chi connectivity index (χ1v) is 10.5. The number of hydrogen-bond acceptors (Lipinski definition) is 4. The smallest absolute Gasteiger partial charge is 0.343 e. The van der Waals surface area contributed by atoms with Crippen molar-refractivity contribution in [2.45, 2.75) is 13.3 Å². The van der Waals surface area contributed by atoms with Crippen molar-refractivity contribution >= 4 is 23.5 Å². The maximum absolute atomic E-state index is 13.4. The van der Waals surface area contributed by atoms with Gasteiger partial charge >= 0.3 is 5.97 Å². The monoisotopic (exact) mass is 399 g/mol. The van der Waals surface area contributed by atoms with E-state index in [1.165, 1.54) is 4.90 Å². The van der Waals surface area contributed by atoms with Gasteiger partial charge in [-0.1, -0.05) is 42.0 Å². The number of nitrogens with zero attached hydrogens (tertiary/aromatic N) is 1. The molecule has 0 radical (unpaired) electrons. The Kier molecular flexibility index (Phi) is 3.61. The third-order valence-corrected chi connectivity index (χ3v) is 7.26. The number of carbonyl (C=O) groups is 3. The lowest BCUT2D eigenvalue weighted by atomic mass is 9.63. The quantitative estimate of drug-likeness (QED) is 0.341. The fourth-order valence-electron chi connectivity index (χ4n) is 5.77. The first-order chi connectivity index (χ1) is 14.5. The van der Waals surface area contributed by atoms with Crippen molar-refractivity contribution < 1.29 is 19.1 Å². The third-order valence-electron chi connectivity index (χ3n) is 7.26. The van der Waals surface area contributed by atoms with Gasteiger partial charge in [0.05, 0.1) is 23.1 Å². The normalized spacial score (nSPS) is 32.8. The summed E-state index contributed by atoms with van der Waals surface area (Å²) in [6.07, 6.45) is 5.43. The van der Waals surface area contributed by atoms with Gasteiger partial charge in [-0.15, -0.1) is 0 Å². The van der Waals surface area contributed by atoms with E-state index in [1.54, 1.807) is 36.4 Å². The standard InChI is InChI=1S/C25H21NO4/c1-13-6-8-14(9-7-13)25(29)30-20-5-3-2-4-19(20)26-23(27)21-15-10-11-16(18-12-17(15)18)22(21)24(26)28/h2-11,15-18,21-22H,12H2,1H3. The Hall–Kier alpha value is -3.21. The second kappa shape index (κ2) is 6.14.